The molecule has 0 aliphatic heterocycles. The number of nitrogens with one attached hydrogen (secondary N) is 1. The number of alkyl halides is 2. The molecule has 0 heterocycles. The third-order valence-corrected chi connectivity index (χ3v) is 1.96. The number of hydrogen-bond donors (Lipinski definition) is 1. The number of carbonyl (C=O) groups excluding carboxylic acids is 1. The lowest BCUT2D eigenvalue weighted by atomic mass is 10.2. The van der Waals surface area contributed by atoms with Crippen LogP contribution in [-0.4, -0.2) is 43.4 Å². The molecule has 5 heteroatoms. The molecule has 90 valence electrons. The molecule has 0 spiro atoms. The molecule has 0 atom stereocenters. The Morgan fingerprint density at radius 1 is 1.40 bits per heavy atom. The van der Waals surface area contributed by atoms with Crippen molar-refractivity contribution >= 4 is 5.91 Å². The van der Waals surface area contributed by atoms with Gasteiger partial charge in [0, 0.05) is 19.5 Å². The fourth-order valence-corrected chi connectivity index (χ4v) is 1.13. The third kappa shape index (κ3) is 8.30. The first-order chi connectivity index (χ1) is 6.93. The largest absolute Gasteiger partial charge is 0.340 e. The predicted molar refractivity (Wildman–Crippen MR) is 56.0 cm³/mol. The predicted octanol–water partition coefficient (Wildman–Crippen LogP) is 1.49. The molecule has 15 heavy (non-hydrogen) atoms. The van der Waals surface area contributed by atoms with Crippen LogP contribution in [0.1, 0.15) is 26.7 Å². The zero-order valence-corrected chi connectivity index (χ0v) is 9.59. The Bertz CT molecular complexity index is 186. The van der Waals surface area contributed by atoms with Gasteiger partial charge in [-0.1, -0.05) is 13.8 Å². The van der Waals surface area contributed by atoms with E-state index in [1.54, 1.807) is 0 Å². The molecule has 0 aromatic rings. The van der Waals surface area contributed by atoms with Gasteiger partial charge in [0.1, 0.15) is 0 Å². The van der Waals surface area contributed by atoms with E-state index < -0.39 is 13.0 Å². The first-order valence-corrected chi connectivity index (χ1v) is 5.19. The molecule has 0 bridgehead atoms. The number of amides is 1. The quantitative estimate of drug-likeness (QED) is 0.662. The Morgan fingerprint density at radius 2 is 2.00 bits per heavy atom. The molecule has 0 rings (SSSR count). The highest BCUT2D eigenvalue weighted by atomic mass is 19.3. The third-order valence-electron chi connectivity index (χ3n) is 1.96. The number of nitrogens with zero attached hydrogens (tertiary/aromatic N) is 1. The molecule has 3 nitrogen and oxygen atoms in total. The molecule has 0 fully saturated rings. The first-order valence-electron chi connectivity index (χ1n) is 5.19. The van der Waals surface area contributed by atoms with E-state index in [1.165, 1.54) is 7.05 Å². The zero-order valence-electron chi connectivity index (χ0n) is 9.59. The van der Waals surface area contributed by atoms with E-state index in [-0.39, 0.29) is 5.91 Å². The highest BCUT2D eigenvalue weighted by molar-refractivity contribution is 5.75. The molecule has 0 aromatic carbocycles. The summed E-state index contributed by atoms with van der Waals surface area (Å²) in [6.07, 6.45) is -1.44. The fraction of sp³-hybridized carbons (Fsp3) is 0.900. The van der Waals surface area contributed by atoms with Crippen molar-refractivity contribution in [1.29, 1.82) is 0 Å². The maximum atomic E-state index is 11.9. The van der Waals surface area contributed by atoms with Gasteiger partial charge in [-0.25, -0.2) is 8.78 Å². The van der Waals surface area contributed by atoms with Crippen molar-refractivity contribution in [1.82, 2.24) is 10.2 Å². The molecular formula is C10H20F2N2O. The van der Waals surface area contributed by atoms with Gasteiger partial charge in [0.2, 0.25) is 5.91 Å². The molecular weight excluding hydrogens is 202 g/mol. The second kappa shape index (κ2) is 7.56. The average molecular weight is 222 g/mol. The summed E-state index contributed by atoms with van der Waals surface area (Å²) in [5, 5.41) is 3.16. The SMILES string of the molecule is CC(C)NCCCC(=O)N(C)CC(F)F. The van der Waals surface area contributed by atoms with E-state index in [0.717, 1.165) is 11.4 Å². The molecule has 1 amide bonds. The van der Waals surface area contributed by atoms with Gasteiger partial charge in [-0.3, -0.25) is 4.79 Å². The minimum atomic E-state index is -2.45. The molecule has 1 N–H and O–H groups in total. The minimum Gasteiger partial charge on any atom is -0.340 e. The van der Waals surface area contributed by atoms with Crippen molar-refractivity contribution in [2.24, 2.45) is 0 Å². The van der Waals surface area contributed by atoms with Gasteiger partial charge in [-0.05, 0) is 13.0 Å². The van der Waals surface area contributed by atoms with Gasteiger partial charge in [0.15, 0.2) is 0 Å². The van der Waals surface area contributed by atoms with Gasteiger partial charge in [0.25, 0.3) is 6.43 Å². The summed E-state index contributed by atoms with van der Waals surface area (Å²) in [6, 6.07) is 0.388. The Balaban J connectivity index is 3.56. The molecule has 0 aromatic heterocycles. The number of halogens is 2. The minimum absolute atomic E-state index is 0.221. The van der Waals surface area contributed by atoms with E-state index in [2.05, 4.69) is 5.32 Å². The standard InChI is InChI=1S/C10H20F2N2O/c1-8(2)13-6-4-5-10(15)14(3)7-9(11)12/h8-9,13H,4-7H2,1-3H3. The van der Waals surface area contributed by atoms with Crippen LogP contribution in [0.4, 0.5) is 8.78 Å². The molecule has 0 unspecified atom stereocenters. The van der Waals surface area contributed by atoms with Crippen LogP contribution in [0.2, 0.25) is 0 Å². The van der Waals surface area contributed by atoms with E-state index in [9.17, 15) is 13.6 Å². The molecule has 0 saturated carbocycles. The van der Waals surface area contributed by atoms with Crippen LogP contribution in [-0.2, 0) is 4.79 Å². The second-order valence-electron chi connectivity index (χ2n) is 3.88. The van der Waals surface area contributed by atoms with Crippen molar-refractivity contribution in [3.63, 3.8) is 0 Å². The zero-order chi connectivity index (χ0) is 11.8. The molecule has 0 radical (unpaired) electrons. The van der Waals surface area contributed by atoms with Crippen molar-refractivity contribution < 1.29 is 13.6 Å². The smallest absolute Gasteiger partial charge is 0.255 e. The molecule has 0 aliphatic carbocycles. The van der Waals surface area contributed by atoms with E-state index in [0.29, 0.717) is 18.9 Å². The van der Waals surface area contributed by atoms with Crippen LogP contribution < -0.4 is 5.32 Å². The van der Waals surface area contributed by atoms with Crippen LogP contribution in [0.5, 0.6) is 0 Å². The summed E-state index contributed by atoms with van der Waals surface area (Å²) in [5.74, 6) is -0.221. The summed E-state index contributed by atoms with van der Waals surface area (Å²) in [4.78, 5) is 12.4. The van der Waals surface area contributed by atoms with Gasteiger partial charge in [-0.2, -0.15) is 0 Å². The lowest BCUT2D eigenvalue weighted by molar-refractivity contribution is -0.131. The van der Waals surface area contributed by atoms with E-state index >= 15 is 0 Å². The summed E-state index contributed by atoms with van der Waals surface area (Å²) in [6.45, 7) is 4.30. The molecule has 0 aliphatic rings. The van der Waals surface area contributed by atoms with Crippen molar-refractivity contribution in [2.75, 3.05) is 20.1 Å². The number of hydrogen-bond acceptors (Lipinski definition) is 2. The van der Waals surface area contributed by atoms with E-state index in [4.69, 9.17) is 0 Å². The second-order valence-corrected chi connectivity index (χ2v) is 3.88. The van der Waals surface area contributed by atoms with Gasteiger partial charge in [0.05, 0.1) is 6.54 Å². The lowest BCUT2D eigenvalue weighted by Crippen LogP contribution is -2.32. The Morgan fingerprint density at radius 3 is 2.47 bits per heavy atom. The maximum absolute atomic E-state index is 11.9. The Kier molecular flexibility index (Phi) is 7.21. The van der Waals surface area contributed by atoms with Crippen LogP contribution in [0.25, 0.3) is 0 Å². The Labute approximate surface area is 89.8 Å². The van der Waals surface area contributed by atoms with Crippen LogP contribution >= 0.6 is 0 Å². The first kappa shape index (κ1) is 14.3. The monoisotopic (exact) mass is 222 g/mol. The lowest BCUT2D eigenvalue weighted by Gasteiger charge is -2.16. The van der Waals surface area contributed by atoms with Gasteiger partial charge < -0.3 is 10.2 Å². The summed E-state index contributed by atoms with van der Waals surface area (Å²) >= 11 is 0. The topological polar surface area (TPSA) is 32.3 Å². The summed E-state index contributed by atoms with van der Waals surface area (Å²) in [5.41, 5.74) is 0. The normalized spacial score (nSPS) is 11.1. The van der Waals surface area contributed by atoms with Crippen LogP contribution in [0.15, 0.2) is 0 Å². The van der Waals surface area contributed by atoms with Crippen LogP contribution in [0.3, 0.4) is 0 Å². The van der Waals surface area contributed by atoms with Gasteiger partial charge in [-0.15, -0.1) is 0 Å². The van der Waals surface area contributed by atoms with Crippen molar-refractivity contribution in [3.05, 3.63) is 0 Å². The van der Waals surface area contributed by atoms with Crippen molar-refractivity contribution in [2.45, 2.75) is 39.2 Å². The molecule has 0 saturated heterocycles. The maximum Gasteiger partial charge on any atom is 0.255 e. The van der Waals surface area contributed by atoms with Gasteiger partial charge >= 0.3 is 0 Å². The average Bonchev–Trinajstić information content (AvgIpc) is 2.10. The fourth-order valence-electron chi connectivity index (χ4n) is 1.13. The van der Waals surface area contributed by atoms with E-state index in [1.807, 2.05) is 13.8 Å². The summed E-state index contributed by atoms with van der Waals surface area (Å²) < 4.78 is 23.9. The highest BCUT2D eigenvalue weighted by Crippen LogP contribution is 2.00. The number of rotatable bonds is 7. The van der Waals surface area contributed by atoms with Crippen LogP contribution in [0, 0.1) is 0 Å². The Hall–Kier alpha value is -0.710. The van der Waals surface area contributed by atoms with Crippen molar-refractivity contribution in [3.8, 4) is 0 Å². The highest BCUT2D eigenvalue weighted by Gasteiger charge is 2.13. The number of carbonyl (C=O) groups is 1. The summed E-state index contributed by atoms with van der Waals surface area (Å²) in [7, 11) is 1.41.